The average molecular weight is 402 g/mol. The van der Waals surface area contributed by atoms with Gasteiger partial charge in [0.1, 0.15) is 0 Å². The van der Waals surface area contributed by atoms with Crippen molar-refractivity contribution < 1.29 is 22.7 Å². The van der Waals surface area contributed by atoms with Crippen molar-refractivity contribution in [1.29, 1.82) is 0 Å². The van der Waals surface area contributed by atoms with Gasteiger partial charge in [-0.3, -0.25) is 4.79 Å². The molecule has 8 heteroatoms. The molecule has 0 saturated heterocycles. The van der Waals surface area contributed by atoms with Crippen LogP contribution in [0, 0.1) is 0 Å². The fourth-order valence-corrected chi connectivity index (χ4v) is 4.24. The third-order valence-electron chi connectivity index (χ3n) is 4.42. The minimum Gasteiger partial charge on any atom is -0.449 e. The molecule has 1 amide bonds. The van der Waals surface area contributed by atoms with Crippen molar-refractivity contribution in [2.45, 2.75) is 62.5 Å². The maximum atomic E-state index is 12.3. The van der Waals surface area contributed by atoms with E-state index in [-0.39, 0.29) is 27.4 Å². The Morgan fingerprint density at radius 3 is 2.38 bits per heavy atom. The van der Waals surface area contributed by atoms with Gasteiger partial charge in [-0.2, -0.15) is 0 Å². The predicted molar refractivity (Wildman–Crippen MR) is 99.1 cm³/mol. The fourth-order valence-electron chi connectivity index (χ4n) is 2.94. The van der Waals surface area contributed by atoms with Crippen LogP contribution >= 0.6 is 11.6 Å². The van der Waals surface area contributed by atoms with Crippen LogP contribution < -0.4 is 5.32 Å². The SMILES string of the molecule is C[C@H](OC(=O)c1ccc(Cl)c(S(C)(=O)=O)c1)C(=O)NC1CCCCCC1. The Balaban J connectivity index is 2.01. The lowest BCUT2D eigenvalue weighted by Gasteiger charge is -2.19. The summed E-state index contributed by atoms with van der Waals surface area (Å²) in [7, 11) is -3.58. The number of nitrogens with one attached hydrogen (secondary N) is 1. The van der Waals surface area contributed by atoms with E-state index in [1.54, 1.807) is 0 Å². The molecule has 0 unspecified atom stereocenters. The molecule has 1 N–H and O–H groups in total. The van der Waals surface area contributed by atoms with E-state index in [9.17, 15) is 18.0 Å². The van der Waals surface area contributed by atoms with Gasteiger partial charge in [0.25, 0.3) is 5.91 Å². The maximum Gasteiger partial charge on any atom is 0.338 e. The summed E-state index contributed by atoms with van der Waals surface area (Å²) in [6.45, 7) is 1.50. The molecule has 2 rings (SSSR count). The molecule has 0 heterocycles. The summed E-state index contributed by atoms with van der Waals surface area (Å²) < 4.78 is 28.6. The van der Waals surface area contributed by atoms with Crippen LogP contribution in [0.15, 0.2) is 23.1 Å². The number of ether oxygens (including phenoxy) is 1. The lowest BCUT2D eigenvalue weighted by atomic mass is 10.1. The van der Waals surface area contributed by atoms with Crippen molar-refractivity contribution in [1.82, 2.24) is 5.32 Å². The zero-order valence-corrected chi connectivity index (χ0v) is 16.5. The topological polar surface area (TPSA) is 89.5 Å². The minimum absolute atomic E-state index is 0.0307. The summed E-state index contributed by atoms with van der Waals surface area (Å²) in [4.78, 5) is 24.4. The first-order chi connectivity index (χ1) is 12.2. The van der Waals surface area contributed by atoms with E-state index < -0.39 is 21.9 Å². The standard InChI is InChI=1S/C18H24ClNO5S/c1-12(17(21)20-14-7-5-3-4-6-8-14)25-18(22)13-9-10-15(19)16(11-13)26(2,23)24/h9-12,14H,3-8H2,1-2H3,(H,20,21)/t12-/m0/s1. The first kappa shape index (κ1) is 20.7. The average Bonchev–Trinajstić information content (AvgIpc) is 2.82. The third-order valence-corrected chi connectivity index (χ3v) is 6.00. The van der Waals surface area contributed by atoms with E-state index in [2.05, 4.69) is 5.32 Å². The summed E-state index contributed by atoms with van der Waals surface area (Å²) in [5.41, 5.74) is 0.0314. The summed E-state index contributed by atoms with van der Waals surface area (Å²) in [5, 5.41) is 2.96. The third kappa shape index (κ3) is 5.71. The Kier molecular flexibility index (Phi) is 7.06. The van der Waals surface area contributed by atoms with Crippen LogP contribution in [0.2, 0.25) is 5.02 Å². The van der Waals surface area contributed by atoms with E-state index in [1.807, 2.05) is 0 Å². The van der Waals surface area contributed by atoms with Crippen molar-refractivity contribution in [2.75, 3.05) is 6.26 Å². The van der Waals surface area contributed by atoms with Crippen molar-refractivity contribution in [2.24, 2.45) is 0 Å². The number of esters is 1. The zero-order chi connectivity index (χ0) is 19.3. The molecule has 1 aliphatic carbocycles. The Morgan fingerprint density at radius 1 is 1.19 bits per heavy atom. The monoisotopic (exact) mass is 401 g/mol. The molecule has 26 heavy (non-hydrogen) atoms. The number of rotatable bonds is 5. The number of hydrogen-bond acceptors (Lipinski definition) is 5. The fraction of sp³-hybridized carbons (Fsp3) is 0.556. The highest BCUT2D eigenvalue weighted by Crippen LogP contribution is 2.23. The Hall–Kier alpha value is -1.60. The number of benzene rings is 1. The van der Waals surface area contributed by atoms with Crippen molar-refractivity contribution in [3.05, 3.63) is 28.8 Å². The van der Waals surface area contributed by atoms with E-state index >= 15 is 0 Å². The molecule has 1 saturated carbocycles. The van der Waals surface area contributed by atoms with E-state index in [0.29, 0.717) is 0 Å². The predicted octanol–water partition coefficient (Wildman–Crippen LogP) is 3.13. The first-order valence-electron chi connectivity index (χ1n) is 8.69. The summed E-state index contributed by atoms with van der Waals surface area (Å²) in [6, 6.07) is 3.97. The van der Waals surface area contributed by atoms with Gasteiger partial charge in [0.05, 0.1) is 15.5 Å². The smallest absolute Gasteiger partial charge is 0.338 e. The summed E-state index contributed by atoms with van der Waals surface area (Å²) in [5.74, 6) is -1.11. The summed E-state index contributed by atoms with van der Waals surface area (Å²) in [6.07, 6.45) is 6.42. The second-order valence-corrected chi connectivity index (χ2v) is 9.05. The molecule has 6 nitrogen and oxygen atoms in total. The van der Waals surface area contributed by atoms with Crippen LogP contribution in [0.5, 0.6) is 0 Å². The lowest BCUT2D eigenvalue weighted by molar-refractivity contribution is -0.129. The van der Waals surface area contributed by atoms with Gasteiger partial charge >= 0.3 is 5.97 Å². The number of hydrogen-bond donors (Lipinski definition) is 1. The number of carbonyl (C=O) groups is 2. The van der Waals surface area contributed by atoms with Gasteiger partial charge in [0, 0.05) is 12.3 Å². The Labute approximate surface area is 159 Å². The second-order valence-electron chi connectivity index (χ2n) is 6.66. The van der Waals surface area contributed by atoms with Crippen LogP contribution in [-0.2, 0) is 19.4 Å². The molecule has 0 bridgehead atoms. The number of sulfone groups is 1. The van der Waals surface area contributed by atoms with Gasteiger partial charge in [0.2, 0.25) is 0 Å². The molecule has 1 atom stereocenters. The maximum absolute atomic E-state index is 12.3. The van der Waals surface area contributed by atoms with Crippen LogP contribution in [0.1, 0.15) is 55.8 Å². The minimum atomic E-state index is -3.58. The van der Waals surface area contributed by atoms with Gasteiger partial charge in [-0.1, -0.05) is 37.3 Å². The molecule has 0 radical (unpaired) electrons. The van der Waals surface area contributed by atoms with Crippen molar-refractivity contribution >= 4 is 33.3 Å². The van der Waals surface area contributed by atoms with Crippen LogP contribution in [-0.4, -0.2) is 38.7 Å². The molecule has 1 aliphatic rings. The quantitative estimate of drug-likeness (QED) is 0.604. The molecule has 0 spiro atoms. The van der Waals surface area contributed by atoms with E-state index in [1.165, 1.54) is 31.9 Å². The Morgan fingerprint density at radius 2 is 1.81 bits per heavy atom. The molecule has 0 aliphatic heterocycles. The van der Waals surface area contributed by atoms with E-state index in [4.69, 9.17) is 16.3 Å². The summed E-state index contributed by atoms with van der Waals surface area (Å²) >= 11 is 5.87. The van der Waals surface area contributed by atoms with Crippen LogP contribution in [0.4, 0.5) is 0 Å². The van der Waals surface area contributed by atoms with Gasteiger partial charge in [-0.25, -0.2) is 13.2 Å². The van der Waals surface area contributed by atoms with Gasteiger partial charge in [-0.15, -0.1) is 0 Å². The van der Waals surface area contributed by atoms with Gasteiger partial charge < -0.3 is 10.1 Å². The molecular formula is C18H24ClNO5S. The molecule has 1 fully saturated rings. The van der Waals surface area contributed by atoms with Crippen LogP contribution in [0.3, 0.4) is 0 Å². The molecule has 0 aromatic heterocycles. The van der Waals surface area contributed by atoms with Gasteiger partial charge in [0.15, 0.2) is 15.9 Å². The highest BCUT2D eigenvalue weighted by Gasteiger charge is 2.23. The second kappa shape index (κ2) is 8.86. The number of halogens is 1. The van der Waals surface area contributed by atoms with Crippen molar-refractivity contribution in [3.63, 3.8) is 0 Å². The molecular weight excluding hydrogens is 378 g/mol. The largest absolute Gasteiger partial charge is 0.449 e. The first-order valence-corrected chi connectivity index (χ1v) is 11.0. The van der Waals surface area contributed by atoms with Crippen molar-refractivity contribution in [3.8, 4) is 0 Å². The van der Waals surface area contributed by atoms with Gasteiger partial charge in [-0.05, 0) is 38.0 Å². The highest BCUT2D eigenvalue weighted by molar-refractivity contribution is 7.90. The van der Waals surface area contributed by atoms with E-state index in [0.717, 1.165) is 38.0 Å². The Bertz CT molecular complexity index is 770. The molecule has 1 aromatic carbocycles. The zero-order valence-electron chi connectivity index (χ0n) is 15.0. The highest BCUT2D eigenvalue weighted by atomic mass is 35.5. The molecule has 144 valence electrons. The normalized spacial score (nSPS) is 17.2. The van der Waals surface area contributed by atoms with Crippen LogP contribution in [0.25, 0.3) is 0 Å². The molecule has 1 aromatic rings. The number of carbonyl (C=O) groups excluding carboxylic acids is 2. The number of amides is 1. The lowest BCUT2D eigenvalue weighted by Crippen LogP contribution is -2.41.